The molecule has 0 aromatic heterocycles. The van der Waals surface area contributed by atoms with Gasteiger partial charge in [-0.15, -0.1) is 0 Å². The molecular formula is C63H98O4P2. The number of methoxy groups -OCH3 is 4. The Morgan fingerprint density at radius 2 is 0.391 bits per heavy atom. The lowest BCUT2D eigenvalue weighted by Gasteiger charge is -2.34. The second-order valence-corrected chi connectivity index (χ2v) is 32.6. The molecule has 0 radical (unpaired) electrons. The summed E-state index contributed by atoms with van der Waals surface area (Å²) in [6.45, 7) is 56.0. The molecule has 0 spiro atoms. The summed E-state index contributed by atoms with van der Waals surface area (Å²) in [4.78, 5) is 0. The Bertz CT molecular complexity index is 1960. The van der Waals surface area contributed by atoms with Crippen molar-refractivity contribution < 1.29 is 18.9 Å². The standard InChI is InChI=1S/C63H98O4P2/c1-56(2,3)44-32-40(33-45(52(44)64-25)57(4,5)6)68(41-34-46(58(7,8)9)53(65-26)47(35-41)59(10,11)12)30-29-31-69(42-36-48(60(13,14)15)54(66-27)49(37-42)61(16,17)18)43-38-50(62(19,20)21)55(67-28)51(39-43)63(22,23)24/h32-39H,29-31H2,1-28H3. The van der Waals surface area contributed by atoms with Crippen molar-refractivity contribution in [3.63, 3.8) is 0 Å². The van der Waals surface area contributed by atoms with Crippen LogP contribution in [0.3, 0.4) is 0 Å². The van der Waals surface area contributed by atoms with E-state index in [1.807, 2.05) is 28.4 Å². The van der Waals surface area contributed by atoms with Crippen molar-refractivity contribution in [2.75, 3.05) is 40.8 Å². The quantitative estimate of drug-likeness (QED) is 0.133. The second kappa shape index (κ2) is 20.5. The van der Waals surface area contributed by atoms with Crippen molar-refractivity contribution in [3.8, 4) is 23.0 Å². The third kappa shape index (κ3) is 13.3. The largest absolute Gasteiger partial charge is 0.496 e. The van der Waals surface area contributed by atoms with Gasteiger partial charge < -0.3 is 18.9 Å². The fraction of sp³-hybridized carbons (Fsp3) is 0.619. The van der Waals surface area contributed by atoms with Gasteiger partial charge in [-0.25, -0.2) is 0 Å². The highest BCUT2D eigenvalue weighted by atomic mass is 31.1. The van der Waals surface area contributed by atoms with Crippen LogP contribution in [0.1, 0.15) is 217 Å². The first-order chi connectivity index (χ1) is 31.1. The van der Waals surface area contributed by atoms with E-state index in [0.29, 0.717) is 0 Å². The molecule has 0 amide bonds. The third-order valence-corrected chi connectivity index (χ3v) is 18.6. The van der Waals surface area contributed by atoms with Crippen molar-refractivity contribution in [2.24, 2.45) is 0 Å². The zero-order valence-corrected chi connectivity index (χ0v) is 51.1. The van der Waals surface area contributed by atoms with Crippen LogP contribution in [0, 0.1) is 0 Å². The molecule has 0 aliphatic rings. The van der Waals surface area contributed by atoms with Crippen LogP contribution in [0.4, 0.5) is 0 Å². The summed E-state index contributed by atoms with van der Waals surface area (Å²) < 4.78 is 25.5. The van der Waals surface area contributed by atoms with Gasteiger partial charge in [0.2, 0.25) is 0 Å². The van der Waals surface area contributed by atoms with Gasteiger partial charge >= 0.3 is 0 Å². The number of benzene rings is 4. The Labute approximate surface area is 426 Å². The molecule has 4 rings (SSSR count). The van der Waals surface area contributed by atoms with Gasteiger partial charge in [0.05, 0.1) is 28.4 Å². The molecule has 0 saturated carbocycles. The molecule has 6 heteroatoms. The molecule has 0 saturated heterocycles. The SMILES string of the molecule is COc1c(C(C)(C)C)cc(P(CCCP(c2cc(C(C)(C)C)c(OC)c(C(C)(C)C)c2)c2cc(C(C)(C)C)c(OC)c(C(C)(C)C)c2)c2cc(C(C)(C)C)c(OC)c(C(C)(C)C)c2)cc1C(C)(C)C. The number of hydrogen-bond acceptors (Lipinski definition) is 4. The van der Waals surface area contributed by atoms with E-state index >= 15 is 0 Å². The van der Waals surface area contributed by atoms with Gasteiger partial charge in [0.1, 0.15) is 23.0 Å². The van der Waals surface area contributed by atoms with Crippen molar-refractivity contribution in [1.82, 2.24) is 0 Å². The van der Waals surface area contributed by atoms with Gasteiger partial charge in [0.15, 0.2) is 0 Å². The van der Waals surface area contributed by atoms with E-state index in [0.717, 1.165) is 41.7 Å². The lowest BCUT2D eigenvalue weighted by atomic mass is 9.79. The smallest absolute Gasteiger partial charge is 0.126 e. The van der Waals surface area contributed by atoms with Gasteiger partial charge in [0.25, 0.3) is 0 Å². The highest BCUT2D eigenvalue weighted by Gasteiger charge is 2.36. The van der Waals surface area contributed by atoms with Crippen LogP contribution >= 0.6 is 15.8 Å². The van der Waals surface area contributed by atoms with Gasteiger partial charge in [-0.1, -0.05) is 166 Å². The normalized spacial score (nSPS) is 13.7. The van der Waals surface area contributed by atoms with Crippen LogP contribution in [0.5, 0.6) is 23.0 Å². The minimum absolute atomic E-state index is 0.127. The monoisotopic (exact) mass is 981 g/mol. The van der Waals surface area contributed by atoms with Crippen LogP contribution in [0.15, 0.2) is 48.5 Å². The van der Waals surface area contributed by atoms with E-state index in [9.17, 15) is 0 Å². The Morgan fingerprint density at radius 1 is 0.261 bits per heavy atom. The van der Waals surface area contributed by atoms with Crippen molar-refractivity contribution in [1.29, 1.82) is 0 Å². The van der Waals surface area contributed by atoms with Crippen LogP contribution in [-0.2, 0) is 43.3 Å². The maximum Gasteiger partial charge on any atom is 0.126 e. The molecule has 0 aliphatic heterocycles. The Morgan fingerprint density at radius 3 is 0.493 bits per heavy atom. The number of rotatable bonds is 12. The number of hydrogen-bond donors (Lipinski definition) is 0. The predicted molar refractivity (Wildman–Crippen MR) is 308 cm³/mol. The molecule has 0 N–H and O–H groups in total. The van der Waals surface area contributed by atoms with Gasteiger partial charge in [-0.2, -0.15) is 0 Å². The van der Waals surface area contributed by atoms with Crippen molar-refractivity contribution in [2.45, 2.75) is 216 Å². The molecule has 0 bridgehead atoms. The summed E-state index contributed by atoms with van der Waals surface area (Å²) in [5.41, 5.74) is 9.15. The number of ether oxygens (including phenoxy) is 4. The van der Waals surface area contributed by atoms with E-state index in [4.69, 9.17) is 18.9 Å². The first kappa shape index (κ1) is 58.5. The summed E-state index contributed by atoms with van der Waals surface area (Å²) in [7, 11) is 5.68. The van der Waals surface area contributed by atoms with E-state index in [2.05, 4.69) is 215 Å². The molecular weight excluding hydrogens is 883 g/mol. The van der Waals surface area contributed by atoms with Crippen LogP contribution in [0.25, 0.3) is 0 Å². The van der Waals surface area contributed by atoms with Crippen molar-refractivity contribution >= 4 is 37.1 Å². The average molecular weight is 981 g/mol. The maximum atomic E-state index is 6.38. The fourth-order valence-corrected chi connectivity index (χ4v) is 14.7. The predicted octanol–water partition coefficient (Wildman–Crippen LogP) is 16.1. The lowest BCUT2D eigenvalue weighted by molar-refractivity contribution is 0.381. The van der Waals surface area contributed by atoms with Crippen LogP contribution in [0.2, 0.25) is 0 Å². The van der Waals surface area contributed by atoms with Gasteiger partial charge in [-0.3, -0.25) is 0 Å². The summed E-state index contributed by atoms with van der Waals surface area (Å²) in [6, 6.07) is 20.1. The Kier molecular flexibility index (Phi) is 17.3. The molecule has 384 valence electrons. The van der Waals surface area contributed by atoms with Gasteiger partial charge in [0, 0.05) is 44.5 Å². The highest BCUT2D eigenvalue weighted by Crippen LogP contribution is 2.50. The molecule has 0 unspecified atom stereocenters. The summed E-state index contributed by atoms with van der Waals surface area (Å²) in [6.07, 6.45) is 3.12. The zero-order chi connectivity index (χ0) is 53.0. The minimum Gasteiger partial charge on any atom is -0.496 e. The second-order valence-electron chi connectivity index (χ2n) is 28.0. The van der Waals surface area contributed by atoms with Crippen LogP contribution in [-0.4, -0.2) is 40.8 Å². The Hall–Kier alpha value is -3.06. The third-order valence-electron chi connectivity index (χ3n) is 13.6. The van der Waals surface area contributed by atoms with E-state index in [1.165, 1.54) is 65.7 Å². The molecule has 0 atom stereocenters. The van der Waals surface area contributed by atoms with Crippen molar-refractivity contribution in [3.05, 3.63) is 93.0 Å². The fourth-order valence-electron chi connectivity index (χ4n) is 9.62. The van der Waals surface area contributed by atoms with E-state index < -0.39 is 15.8 Å². The molecule has 69 heavy (non-hydrogen) atoms. The first-order valence-electron chi connectivity index (χ1n) is 25.6. The average Bonchev–Trinajstić information content (AvgIpc) is 3.19. The highest BCUT2D eigenvalue weighted by molar-refractivity contribution is 7.74. The lowest BCUT2D eigenvalue weighted by Crippen LogP contribution is -2.28. The Balaban J connectivity index is 2.19. The maximum absolute atomic E-state index is 6.38. The summed E-state index contributed by atoms with van der Waals surface area (Å²) in [5.74, 6) is 4.08. The van der Waals surface area contributed by atoms with Crippen LogP contribution < -0.4 is 40.2 Å². The minimum atomic E-state index is -0.863. The molecule has 4 nitrogen and oxygen atoms in total. The molecule has 4 aromatic carbocycles. The molecule has 4 aromatic rings. The molecule has 0 heterocycles. The molecule has 0 fully saturated rings. The summed E-state index contributed by atoms with van der Waals surface area (Å²) >= 11 is 0. The molecule has 0 aliphatic carbocycles. The van der Waals surface area contributed by atoms with Gasteiger partial charge in [-0.05, 0) is 148 Å². The zero-order valence-electron chi connectivity index (χ0n) is 49.3. The van der Waals surface area contributed by atoms with E-state index in [-0.39, 0.29) is 43.3 Å². The first-order valence-corrected chi connectivity index (χ1v) is 28.6. The summed E-state index contributed by atoms with van der Waals surface area (Å²) in [5, 5.41) is 5.66. The van der Waals surface area contributed by atoms with E-state index in [1.54, 1.807) is 0 Å². The topological polar surface area (TPSA) is 36.9 Å².